The fourth-order valence-corrected chi connectivity index (χ4v) is 1.57. The molecule has 1 aromatic carbocycles. The first kappa shape index (κ1) is 9.28. The fourth-order valence-electron chi connectivity index (χ4n) is 1.36. The van der Waals surface area contributed by atoms with E-state index in [1.54, 1.807) is 6.20 Å². The van der Waals surface area contributed by atoms with E-state index in [4.69, 9.17) is 16.1 Å². The Morgan fingerprint density at radius 2 is 2.07 bits per heavy atom. The van der Waals surface area contributed by atoms with Crippen LogP contribution in [-0.2, 0) is 0 Å². The predicted octanol–water partition coefficient (Wildman–Crippen LogP) is 3.61. The molecule has 0 saturated heterocycles. The largest absolute Gasteiger partial charge is 0.356 e. The van der Waals surface area contributed by atoms with Gasteiger partial charge in [0.15, 0.2) is 5.76 Å². The monoisotopic (exact) mass is 207 g/mol. The Hall–Kier alpha value is -1.28. The fraction of sp³-hybridized carbons (Fsp3) is 0.182. The summed E-state index contributed by atoms with van der Waals surface area (Å²) in [6.45, 7) is 3.97. The number of nitrogens with zero attached hydrogens (tertiary/aromatic N) is 1. The molecule has 2 aromatic rings. The van der Waals surface area contributed by atoms with E-state index in [1.165, 1.54) is 0 Å². The molecule has 1 aromatic heterocycles. The zero-order valence-electron chi connectivity index (χ0n) is 8.04. The Bertz CT molecular complexity index is 462. The molecule has 1 heterocycles. The minimum Gasteiger partial charge on any atom is -0.356 e. The number of aromatic nitrogens is 1. The summed E-state index contributed by atoms with van der Waals surface area (Å²) in [6, 6.07) is 5.83. The highest BCUT2D eigenvalue weighted by atomic mass is 35.5. The van der Waals surface area contributed by atoms with Crippen LogP contribution >= 0.6 is 11.6 Å². The van der Waals surface area contributed by atoms with Crippen LogP contribution in [0, 0.1) is 13.8 Å². The minimum absolute atomic E-state index is 0.690. The molecule has 0 bridgehead atoms. The van der Waals surface area contributed by atoms with Gasteiger partial charge in [-0.2, -0.15) is 0 Å². The number of halogens is 1. The van der Waals surface area contributed by atoms with E-state index < -0.39 is 0 Å². The molecule has 0 aliphatic carbocycles. The lowest BCUT2D eigenvalue weighted by Crippen LogP contribution is -1.81. The van der Waals surface area contributed by atoms with Crippen molar-refractivity contribution >= 4 is 11.6 Å². The molecule has 0 unspecified atom stereocenters. The van der Waals surface area contributed by atoms with Crippen LogP contribution in [0.5, 0.6) is 0 Å². The van der Waals surface area contributed by atoms with Crippen LogP contribution < -0.4 is 0 Å². The van der Waals surface area contributed by atoms with Gasteiger partial charge < -0.3 is 4.52 Å². The third-order valence-electron chi connectivity index (χ3n) is 2.11. The molecule has 0 amide bonds. The highest BCUT2D eigenvalue weighted by Crippen LogP contribution is 2.30. The molecule has 0 radical (unpaired) electrons. The van der Waals surface area contributed by atoms with Gasteiger partial charge in [-0.1, -0.05) is 28.4 Å². The topological polar surface area (TPSA) is 26.0 Å². The van der Waals surface area contributed by atoms with Gasteiger partial charge in [-0.25, -0.2) is 0 Å². The predicted molar refractivity (Wildman–Crippen MR) is 56.4 cm³/mol. The maximum Gasteiger partial charge on any atom is 0.171 e. The van der Waals surface area contributed by atoms with Crippen molar-refractivity contribution in [3.8, 4) is 11.3 Å². The van der Waals surface area contributed by atoms with Gasteiger partial charge in [0.05, 0.1) is 11.2 Å². The van der Waals surface area contributed by atoms with Crippen molar-refractivity contribution in [1.29, 1.82) is 0 Å². The summed E-state index contributed by atoms with van der Waals surface area (Å²) in [5.74, 6) is 0.749. The lowest BCUT2D eigenvalue weighted by atomic mass is 10.1. The van der Waals surface area contributed by atoms with Crippen molar-refractivity contribution < 1.29 is 4.52 Å². The van der Waals surface area contributed by atoms with Gasteiger partial charge in [-0.15, -0.1) is 0 Å². The quantitative estimate of drug-likeness (QED) is 0.714. The SMILES string of the molecule is Cc1ccc(Cl)c(-c2oncc2C)c1. The van der Waals surface area contributed by atoms with Gasteiger partial charge in [0.25, 0.3) is 0 Å². The molecule has 0 N–H and O–H groups in total. The molecular formula is C11H10ClNO. The van der Waals surface area contributed by atoms with Gasteiger partial charge in [0.1, 0.15) is 0 Å². The number of hydrogen-bond donors (Lipinski definition) is 0. The second kappa shape index (κ2) is 3.46. The lowest BCUT2D eigenvalue weighted by molar-refractivity contribution is 0.432. The molecule has 0 aliphatic rings. The van der Waals surface area contributed by atoms with Crippen LogP contribution in [0.1, 0.15) is 11.1 Å². The van der Waals surface area contributed by atoms with Crippen LogP contribution in [0.2, 0.25) is 5.02 Å². The summed E-state index contributed by atoms with van der Waals surface area (Å²) in [4.78, 5) is 0. The molecule has 2 nitrogen and oxygen atoms in total. The highest BCUT2D eigenvalue weighted by molar-refractivity contribution is 6.33. The molecule has 3 heteroatoms. The average molecular weight is 208 g/mol. The van der Waals surface area contributed by atoms with E-state index in [0.717, 1.165) is 22.5 Å². The Labute approximate surface area is 87.5 Å². The van der Waals surface area contributed by atoms with E-state index in [-0.39, 0.29) is 0 Å². The number of aryl methyl sites for hydroxylation is 2. The Kier molecular flexibility index (Phi) is 2.30. The van der Waals surface area contributed by atoms with Gasteiger partial charge >= 0.3 is 0 Å². The van der Waals surface area contributed by atoms with Crippen molar-refractivity contribution in [2.24, 2.45) is 0 Å². The lowest BCUT2D eigenvalue weighted by Gasteiger charge is -2.02. The molecular weight excluding hydrogens is 198 g/mol. The molecule has 14 heavy (non-hydrogen) atoms. The zero-order chi connectivity index (χ0) is 10.1. The smallest absolute Gasteiger partial charge is 0.171 e. The number of benzene rings is 1. The van der Waals surface area contributed by atoms with Crippen molar-refractivity contribution in [3.63, 3.8) is 0 Å². The van der Waals surface area contributed by atoms with E-state index in [1.807, 2.05) is 32.0 Å². The molecule has 0 atom stereocenters. The maximum absolute atomic E-state index is 6.07. The summed E-state index contributed by atoms with van der Waals surface area (Å²) >= 11 is 6.07. The third-order valence-corrected chi connectivity index (χ3v) is 2.44. The second-order valence-electron chi connectivity index (χ2n) is 3.32. The summed E-state index contributed by atoms with van der Waals surface area (Å²) in [7, 11) is 0. The summed E-state index contributed by atoms with van der Waals surface area (Å²) < 4.78 is 5.15. The number of rotatable bonds is 1. The highest BCUT2D eigenvalue weighted by Gasteiger charge is 2.10. The molecule has 0 aliphatic heterocycles. The van der Waals surface area contributed by atoms with Crippen molar-refractivity contribution in [1.82, 2.24) is 5.16 Å². The Morgan fingerprint density at radius 3 is 2.71 bits per heavy atom. The molecule has 72 valence electrons. The van der Waals surface area contributed by atoms with Crippen molar-refractivity contribution in [2.45, 2.75) is 13.8 Å². The summed E-state index contributed by atoms with van der Waals surface area (Å²) in [5, 5.41) is 4.43. The summed E-state index contributed by atoms with van der Waals surface area (Å²) in [6.07, 6.45) is 1.69. The first-order chi connectivity index (χ1) is 6.68. The van der Waals surface area contributed by atoms with Crippen molar-refractivity contribution in [3.05, 3.63) is 40.5 Å². The zero-order valence-corrected chi connectivity index (χ0v) is 8.80. The Balaban J connectivity index is 2.62. The van der Waals surface area contributed by atoms with Gasteiger partial charge in [-0.05, 0) is 26.0 Å². The van der Waals surface area contributed by atoms with E-state index in [9.17, 15) is 0 Å². The van der Waals surface area contributed by atoms with Crippen molar-refractivity contribution in [2.75, 3.05) is 0 Å². The standard InChI is InChI=1S/C11H10ClNO/c1-7-3-4-10(12)9(5-7)11-8(2)6-13-14-11/h3-6H,1-2H3. The number of hydrogen-bond acceptors (Lipinski definition) is 2. The van der Waals surface area contributed by atoms with Crippen LogP contribution in [-0.4, -0.2) is 5.16 Å². The molecule has 0 spiro atoms. The molecule has 0 fully saturated rings. The van der Waals surface area contributed by atoms with E-state index >= 15 is 0 Å². The normalized spacial score (nSPS) is 10.5. The van der Waals surface area contributed by atoms with Crippen LogP contribution in [0.4, 0.5) is 0 Å². The van der Waals surface area contributed by atoms with Gasteiger partial charge in [0.2, 0.25) is 0 Å². The third kappa shape index (κ3) is 1.53. The molecule has 2 rings (SSSR count). The maximum atomic E-state index is 6.07. The second-order valence-corrected chi connectivity index (χ2v) is 3.73. The van der Waals surface area contributed by atoms with E-state index in [0.29, 0.717) is 5.02 Å². The Morgan fingerprint density at radius 1 is 1.29 bits per heavy atom. The van der Waals surface area contributed by atoms with Crippen LogP contribution in [0.25, 0.3) is 11.3 Å². The minimum atomic E-state index is 0.690. The van der Waals surface area contributed by atoms with Gasteiger partial charge in [-0.3, -0.25) is 0 Å². The first-order valence-electron chi connectivity index (χ1n) is 4.36. The molecule has 0 saturated carbocycles. The summed E-state index contributed by atoms with van der Waals surface area (Å²) in [5.41, 5.74) is 3.05. The average Bonchev–Trinajstić information content (AvgIpc) is 2.56. The van der Waals surface area contributed by atoms with Crippen LogP contribution in [0.15, 0.2) is 28.9 Å². The van der Waals surface area contributed by atoms with Crippen LogP contribution in [0.3, 0.4) is 0 Å². The first-order valence-corrected chi connectivity index (χ1v) is 4.74. The van der Waals surface area contributed by atoms with E-state index in [2.05, 4.69) is 5.16 Å². The van der Waals surface area contributed by atoms with Gasteiger partial charge in [0, 0.05) is 11.1 Å².